The number of anilines is 1. The van der Waals surface area contributed by atoms with Crippen molar-refractivity contribution in [2.24, 2.45) is 0 Å². The Morgan fingerprint density at radius 3 is 2.78 bits per heavy atom. The number of carbonyl (C=O) groups is 1. The second-order valence-electron chi connectivity index (χ2n) is 3.32. The first-order chi connectivity index (χ1) is 8.74. The highest BCUT2D eigenvalue weighted by atomic mass is 79.9. The number of hydrogen-bond donors (Lipinski definition) is 3. The van der Waals surface area contributed by atoms with E-state index in [0.717, 1.165) is 10.0 Å². The van der Waals surface area contributed by atoms with Gasteiger partial charge in [-0.05, 0) is 23.8 Å². The molecule has 0 bridgehead atoms. The van der Waals surface area contributed by atoms with Crippen LogP contribution in [0.25, 0.3) is 6.08 Å². The monoisotopic (exact) mass is 307 g/mol. The van der Waals surface area contributed by atoms with Crippen LogP contribution in [-0.2, 0) is 0 Å². The highest BCUT2D eigenvalue weighted by molar-refractivity contribution is 9.10. The number of aromatic amines is 1. The van der Waals surface area contributed by atoms with E-state index in [4.69, 9.17) is 0 Å². The summed E-state index contributed by atoms with van der Waals surface area (Å²) in [4.78, 5) is 15.2. The highest BCUT2D eigenvalue weighted by Crippen LogP contribution is 2.11. The lowest BCUT2D eigenvalue weighted by molar-refractivity contribution is 0.255. The molecule has 2 rings (SSSR count). The number of nitrogens with zero attached hydrogens (tertiary/aromatic N) is 2. The number of hydrogen-bond acceptors (Lipinski definition) is 3. The number of rotatable bonds is 3. The normalized spacial score (nSPS) is 10.5. The van der Waals surface area contributed by atoms with Crippen LogP contribution in [0.2, 0.25) is 0 Å². The molecule has 3 N–H and O–H groups in total. The Bertz CT molecular complexity index is 535. The van der Waals surface area contributed by atoms with E-state index in [0.29, 0.717) is 5.95 Å². The van der Waals surface area contributed by atoms with Gasteiger partial charge in [0.1, 0.15) is 6.33 Å². The predicted octanol–water partition coefficient (Wildman–Crippen LogP) is 2.36. The van der Waals surface area contributed by atoms with E-state index in [1.807, 2.05) is 24.3 Å². The minimum atomic E-state index is -0.389. The Balaban J connectivity index is 1.84. The van der Waals surface area contributed by atoms with Crippen LogP contribution in [-0.4, -0.2) is 21.2 Å². The van der Waals surface area contributed by atoms with Crippen molar-refractivity contribution in [2.75, 3.05) is 5.32 Å². The molecular formula is C11H10BrN5O. The van der Waals surface area contributed by atoms with Gasteiger partial charge in [0.2, 0.25) is 5.95 Å². The molecule has 0 radical (unpaired) electrons. The maximum atomic E-state index is 11.4. The molecule has 1 aromatic carbocycles. The smallest absolute Gasteiger partial charge is 0.314 e. The number of aromatic nitrogens is 3. The minimum Gasteiger partial charge on any atom is -0.314 e. The fourth-order valence-corrected chi connectivity index (χ4v) is 1.46. The van der Waals surface area contributed by atoms with Crippen molar-refractivity contribution in [3.8, 4) is 0 Å². The van der Waals surface area contributed by atoms with Crippen LogP contribution in [0, 0.1) is 0 Å². The first kappa shape index (κ1) is 12.3. The van der Waals surface area contributed by atoms with E-state index in [1.165, 1.54) is 6.33 Å². The maximum absolute atomic E-state index is 11.4. The van der Waals surface area contributed by atoms with Crippen LogP contribution in [0.15, 0.2) is 41.3 Å². The van der Waals surface area contributed by atoms with Gasteiger partial charge in [-0.3, -0.25) is 5.32 Å². The first-order valence-corrected chi connectivity index (χ1v) is 5.88. The number of nitrogens with one attached hydrogen (secondary N) is 3. The number of urea groups is 1. The number of benzene rings is 1. The van der Waals surface area contributed by atoms with Gasteiger partial charge in [-0.15, -0.1) is 0 Å². The standard InChI is InChI=1S/C11H10BrN5O/c12-9-3-1-8(2-4-9)5-6-13-11(18)16-10-14-7-15-17-10/h1-7H,(H3,13,14,15,16,17,18)/b6-5+. The number of carbonyl (C=O) groups excluding carboxylic acids is 1. The van der Waals surface area contributed by atoms with Crippen molar-refractivity contribution in [3.63, 3.8) is 0 Å². The van der Waals surface area contributed by atoms with Crippen molar-refractivity contribution in [2.45, 2.75) is 0 Å². The topological polar surface area (TPSA) is 82.7 Å². The SMILES string of the molecule is O=C(N/C=C/c1ccc(Br)cc1)Nc1ncn[nH]1. The lowest BCUT2D eigenvalue weighted by atomic mass is 10.2. The molecule has 0 fully saturated rings. The van der Waals surface area contributed by atoms with Crippen LogP contribution in [0.3, 0.4) is 0 Å². The van der Waals surface area contributed by atoms with Gasteiger partial charge in [0.25, 0.3) is 0 Å². The zero-order valence-electron chi connectivity index (χ0n) is 9.22. The van der Waals surface area contributed by atoms with Gasteiger partial charge in [0.15, 0.2) is 0 Å². The Morgan fingerprint density at radius 2 is 2.11 bits per heavy atom. The molecule has 0 saturated heterocycles. The van der Waals surface area contributed by atoms with Crippen molar-refractivity contribution in [1.82, 2.24) is 20.5 Å². The molecular weight excluding hydrogens is 298 g/mol. The summed E-state index contributed by atoms with van der Waals surface area (Å²) in [7, 11) is 0. The fraction of sp³-hybridized carbons (Fsp3) is 0. The van der Waals surface area contributed by atoms with Gasteiger partial charge >= 0.3 is 6.03 Å². The molecule has 6 nitrogen and oxygen atoms in total. The summed E-state index contributed by atoms with van der Waals surface area (Å²) in [6.45, 7) is 0. The summed E-state index contributed by atoms with van der Waals surface area (Å²) in [5, 5.41) is 11.2. The molecule has 0 aliphatic rings. The molecule has 0 saturated carbocycles. The Kier molecular flexibility index (Phi) is 4.08. The Hall–Kier alpha value is -2.15. The van der Waals surface area contributed by atoms with Crippen molar-refractivity contribution >= 4 is 34.0 Å². The van der Waals surface area contributed by atoms with E-state index in [2.05, 4.69) is 41.7 Å². The molecule has 0 spiro atoms. The molecule has 1 heterocycles. The summed E-state index contributed by atoms with van der Waals surface area (Å²) in [6.07, 6.45) is 4.65. The predicted molar refractivity (Wildman–Crippen MR) is 71.7 cm³/mol. The number of amides is 2. The van der Waals surface area contributed by atoms with E-state index >= 15 is 0 Å². The highest BCUT2D eigenvalue weighted by Gasteiger charge is 1.99. The van der Waals surface area contributed by atoms with E-state index in [-0.39, 0.29) is 6.03 Å². The zero-order chi connectivity index (χ0) is 12.8. The molecule has 18 heavy (non-hydrogen) atoms. The van der Waals surface area contributed by atoms with Crippen LogP contribution in [0.1, 0.15) is 5.56 Å². The molecule has 92 valence electrons. The van der Waals surface area contributed by atoms with Crippen LogP contribution in [0.5, 0.6) is 0 Å². The lowest BCUT2D eigenvalue weighted by Gasteiger charge is -1.99. The summed E-state index contributed by atoms with van der Waals surface area (Å²) in [6, 6.07) is 7.32. The average Bonchev–Trinajstić information content (AvgIpc) is 2.84. The second kappa shape index (κ2) is 5.97. The summed E-state index contributed by atoms with van der Waals surface area (Å²) in [5.74, 6) is 0.296. The summed E-state index contributed by atoms with van der Waals surface area (Å²) in [5.41, 5.74) is 0.984. The molecule has 0 aliphatic heterocycles. The Labute approximate surface area is 112 Å². The third-order valence-electron chi connectivity index (χ3n) is 2.01. The average molecular weight is 308 g/mol. The third-order valence-corrected chi connectivity index (χ3v) is 2.54. The Morgan fingerprint density at radius 1 is 1.33 bits per heavy atom. The van der Waals surface area contributed by atoms with Gasteiger partial charge in [0.05, 0.1) is 0 Å². The van der Waals surface area contributed by atoms with Crippen LogP contribution < -0.4 is 10.6 Å². The zero-order valence-corrected chi connectivity index (χ0v) is 10.8. The molecule has 0 atom stereocenters. The van der Waals surface area contributed by atoms with Gasteiger partial charge in [-0.2, -0.15) is 10.1 Å². The van der Waals surface area contributed by atoms with Crippen molar-refractivity contribution in [1.29, 1.82) is 0 Å². The van der Waals surface area contributed by atoms with Gasteiger partial charge in [-0.1, -0.05) is 28.1 Å². The van der Waals surface area contributed by atoms with E-state index < -0.39 is 0 Å². The van der Waals surface area contributed by atoms with E-state index in [1.54, 1.807) is 12.3 Å². The van der Waals surface area contributed by atoms with Crippen LogP contribution >= 0.6 is 15.9 Å². The van der Waals surface area contributed by atoms with Crippen LogP contribution in [0.4, 0.5) is 10.7 Å². The number of H-pyrrole nitrogens is 1. The molecule has 0 unspecified atom stereocenters. The largest absolute Gasteiger partial charge is 0.325 e. The van der Waals surface area contributed by atoms with Crippen molar-refractivity contribution < 1.29 is 4.79 Å². The molecule has 7 heteroatoms. The van der Waals surface area contributed by atoms with Gasteiger partial charge in [-0.25, -0.2) is 9.89 Å². The van der Waals surface area contributed by atoms with Gasteiger partial charge in [0, 0.05) is 10.7 Å². The second-order valence-corrected chi connectivity index (χ2v) is 4.23. The molecule has 2 amide bonds. The summed E-state index contributed by atoms with van der Waals surface area (Å²) >= 11 is 3.35. The molecule has 0 aliphatic carbocycles. The lowest BCUT2D eigenvalue weighted by Crippen LogP contribution is -2.24. The number of halogens is 1. The van der Waals surface area contributed by atoms with E-state index in [9.17, 15) is 4.79 Å². The van der Waals surface area contributed by atoms with Gasteiger partial charge < -0.3 is 5.32 Å². The quantitative estimate of drug-likeness (QED) is 0.814. The minimum absolute atomic E-state index is 0.296. The van der Waals surface area contributed by atoms with Crippen molar-refractivity contribution in [3.05, 3.63) is 46.8 Å². The molecule has 1 aromatic heterocycles. The molecule has 2 aromatic rings. The summed E-state index contributed by atoms with van der Waals surface area (Å²) < 4.78 is 1.01. The fourth-order valence-electron chi connectivity index (χ4n) is 1.20. The first-order valence-electron chi connectivity index (χ1n) is 5.09. The third kappa shape index (κ3) is 3.70. The maximum Gasteiger partial charge on any atom is 0.325 e.